The summed E-state index contributed by atoms with van der Waals surface area (Å²) in [6.07, 6.45) is 7.47. The monoisotopic (exact) mass is 408 g/mol. The molecule has 160 valence electrons. The molecule has 3 unspecified atom stereocenters. The Morgan fingerprint density at radius 3 is 2.93 bits per heavy atom. The summed E-state index contributed by atoms with van der Waals surface area (Å²) in [6.45, 7) is 7.71. The van der Waals surface area contributed by atoms with Gasteiger partial charge in [-0.1, -0.05) is 13.0 Å². The average Bonchev–Trinajstić information content (AvgIpc) is 2.92. The maximum atomic E-state index is 12.9. The van der Waals surface area contributed by atoms with Gasteiger partial charge in [0.2, 0.25) is 0 Å². The second-order valence-electron chi connectivity index (χ2n) is 8.50. The van der Waals surface area contributed by atoms with Crippen LogP contribution in [0.15, 0.2) is 36.5 Å². The molecule has 1 amide bonds. The van der Waals surface area contributed by atoms with Crippen LogP contribution in [0.2, 0.25) is 0 Å². The Morgan fingerprint density at radius 1 is 1.30 bits per heavy atom. The molecule has 30 heavy (non-hydrogen) atoms. The van der Waals surface area contributed by atoms with E-state index in [4.69, 9.17) is 9.47 Å². The van der Waals surface area contributed by atoms with Gasteiger partial charge in [-0.05, 0) is 76.1 Å². The van der Waals surface area contributed by atoms with Crippen molar-refractivity contribution < 1.29 is 14.3 Å². The average molecular weight is 409 g/mol. The van der Waals surface area contributed by atoms with Crippen LogP contribution in [0, 0.1) is 12.8 Å². The molecule has 0 spiro atoms. The molecule has 1 aromatic carbocycles. The van der Waals surface area contributed by atoms with Gasteiger partial charge in [-0.15, -0.1) is 0 Å². The largest absolute Gasteiger partial charge is 0.493 e. The van der Waals surface area contributed by atoms with E-state index in [0.29, 0.717) is 24.2 Å². The zero-order valence-electron chi connectivity index (χ0n) is 18.2. The van der Waals surface area contributed by atoms with Gasteiger partial charge in [-0.3, -0.25) is 9.78 Å². The van der Waals surface area contributed by atoms with Crippen LogP contribution in [0.1, 0.15) is 67.6 Å². The lowest BCUT2D eigenvalue weighted by atomic mass is 9.59. The first kappa shape index (κ1) is 20.9. The van der Waals surface area contributed by atoms with Gasteiger partial charge in [-0.2, -0.15) is 0 Å². The van der Waals surface area contributed by atoms with Gasteiger partial charge >= 0.3 is 0 Å². The van der Waals surface area contributed by atoms with Gasteiger partial charge in [-0.25, -0.2) is 0 Å². The van der Waals surface area contributed by atoms with E-state index in [1.165, 1.54) is 5.56 Å². The lowest BCUT2D eigenvalue weighted by molar-refractivity contribution is -0.0103. The van der Waals surface area contributed by atoms with Crippen LogP contribution in [0.4, 0.5) is 5.69 Å². The molecular formula is C25H32N2O3. The summed E-state index contributed by atoms with van der Waals surface area (Å²) in [5.41, 5.74) is 3.52. The number of benzene rings is 1. The summed E-state index contributed by atoms with van der Waals surface area (Å²) in [5, 5.41) is 2.98. The molecule has 2 heterocycles. The van der Waals surface area contributed by atoms with E-state index < -0.39 is 0 Å². The molecule has 1 N–H and O–H groups in total. The van der Waals surface area contributed by atoms with E-state index in [1.807, 2.05) is 31.2 Å². The van der Waals surface area contributed by atoms with Crippen LogP contribution in [-0.4, -0.2) is 30.2 Å². The van der Waals surface area contributed by atoms with Crippen LogP contribution in [0.25, 0.3) is 0 Å². The van der Waals surface area contributed by atoms with E-state index in [-0.39, 0.29) is 11.3 Å². The van der Waals surface area contributed by atoms with Gasteiger partial charge < -0.3 is 14.8 Å². The van der Waals surface area contributed by atoms with Crippen molar-refractivity contribution in [2.75, 3.05) is 18.5 Å². The van der Waals surface area contributed by atoms with Crippen molar-refractivity contribution in [2.24, 2.45) is 5.92 Å². The third-order valence-electron chi connectivity index (χ3n) is 7.03. The number of carbonyl (C=O) groups is 1. The summed E-state index contributed by atoms with van der Waals surface area (Å²) >= 11 is 0. The third-order valence-corrected chi connectivity index (χ3v) is 7.03. The van der Waals surface area contributed by atoms with Crippen molar-refractivity contribution in [3.63, 3.8) is 0 Å². The van der Waals surface area contributed by atoms with E-state index >= 15 is 0 Å². The Balaban J connectivity index is 1.62. The van der Waals surface area contributed by atoms with Gasteiger partial charge in [0.15, 0.2) is 0 Å². The highest BCUT2D eigenvalue weighted by Gasteiger charge is 2.46. The second-order valence-corrected chi connectivity index (χ2v) is 8.50. The van der Waals surface area contributed by atoms with Crippen LogP contribution in [-0.2, 0) is 10.2 Å². The second kappa shape index (κ2) is 8.76. The molecule has 1 fully saturated rings. The molecule has 1 aliphatic heterocycles. The fraction of sp³-hybridized carbons (Fsp3) is 0.520. The zero-order chi connectivity index (χ0) is 21.1. The minimum atomic E-state index is -0.135. The smallest absolute Gasteiger partial charge is 0.255 e. The van der Waals surface area contributed by atoms with Crippen LogP contribution in [0.5, 0.6) is 5.75 Å². The van der Waals surface area contributed by atoms with E-state index in [9.17, 15) is 4.79 Å². The first-order valence-corrected chi connectivity index (χ1v) is 11.2. The van der Waals surface area contributed by atoms with Gasteiger partial charge in [0.05, 0.1) is 24.1 Å². The lowest BCUT2D eigenvalue weighted by Crippen LogP contribution is -2.42. The number of carbonyl (C=O) groups excluding carboxylic acids is 1. The quantitative estimate of drug-likeness (QED) is 0.731. The topological polar surface area (TPSA) is 60.5 Å². The van der Waals surface area contributed by atoms with Crippen molar-refractivity contribution in [3.8, 4) is 5.75 Å². The molecule has 5 heteroatoms. The third kappa shape index (κ3) is 3.83. The Hall–Kier alpha value is -2.40. The molecule has 3 atom stereocenters. The molecule has 2 aromatic rings. The van der Waals surface area contributed by atoms with E-state index in [0.717, 1.165) is 55.8 Å². The Labute approximate surface area is 179 Å². The minimum absolute atomic E-state index is 0.106. The zero-order valence-corrected chi connectivity index (χ0v) is 18.2. The molecule has 1 aromatic heterocycles. The van der Waals surface area contributed by atoms with Crippen LogP contribution >= 0.6 is 0 Å². The number of hydrogen-bond donors (Lipinski definition) is 1. The number of pyridine rings is 1. The van der Waals surface area contributed by atoms with Crippen molar-refractivity contribution >= 4 is 11.6 Å². The maximum Gasteiger partial charge on any atom is 0.255 e. The van der Waals surface area contributed by atoms with Crippen molar-refractivity contribution in [1.82, 2.24) is 4.98 Å². The molecule has 0 saturated heterocycles. The number of aryl methyl sites for hydroxylation is 1. The Morgan fingerprint density at radius 2 is 2.17 bits per heavy atom. The number of nitrogens with one attached hydrogen (secondary N) is 1. The highest BCUT2D eigenvalue weighted by Crippen LogP contribution is 2.52. The predicted molar refractivity (Wildman–Crippen MR) is 118 cm³/mol. The standard InChI is InChI=1S/C25H32N2O3/c1-4-25-12-10-20(29-5-2)16-19(25)11-14-30-23-15-18(8-9-21(23)25)24(28)27-22-7-6-13-26-17(22)3/h6-9,13,15,19-20H,4-5,10-12,14,16H2,1-3H3,(H,27,28). The van der Waals surface area contributed by atoms with Gasteiger partial charge in [0.25, 0.3) is 5.91 Å². The molecule has 0 radical (unpaired) electrons. The summed E-state index contributed by atoms with van der Waals surface area (Å²) in [7, 11) is 0. The fourth-order valence-electron chi connectivity index (χ4n) is 5.39. The first-order valence-electron chi connectivity index (χ1n) is 11.2. The molecule has 2 aliphatic rings. The number of ether oxygens (including phenoxy) is 2. The van der Waals surface area contributed by atoms with Crippen molar-refractivity contribution in [3.05, 3.63) is 53.3 Å². The molecule has 0 bridgehead atoms. The molecule has 1 aliphatic carbocycles. The molecule has 4 rings (SSSR count). The van der Waals surface area contributed by atoms with Crippen molar-refractivity contribution in [2.45, 2.75) is 64.4 Å². The number of anilines is 1. The molecular weight excluding hydrogens is 376 g/mol. The highest BCUT2D eigenvalue weighted by molar-refractivity contribution is 6.04. The summed E-state index contributed by atoms with van der Waals surface area (Å²) < 4.78 is 12.2. The SMILES string of the molecule is CCOC1CCC2(CC)c3ccc(C(=O)Nc4cccnc4C)cc3OCCC2C1. The van der Waals surface area contributed by atoms with Crippen LogP contribution < -0.4 is 10.1 Å². The fourth-order valence-corrected chi connectivity index (χ4v) is 5.39. The number of aromatic nitrogens is 1. The normalized spacial score (nSPS) is 25.4. The van der Waals surface area contributed by atoms with Gasteiger partial charge in [0, 0.05) is 29.3 Å². The van der Waals surface area contributed by atoms with E-state index in [2.05, 4.69) is 30.2 Å². The lowest BCUT2D eigenvalue weighted by Gasteiger charge is -2.46. The number of fused-ring (bicyclic) bond motifs is 3. The first-order chi connectivity index (χ1) is 14.6. The summed E-state index contributed by atoms with van der Waals surface area (Å²) in [5.74, 6) is 1.28. The van der Waals surface area contributed by atoms with Crippen molar-refractivity contribution in [1.29, 1.82) is 0 Å². The Bertz CT molecular complexity index is 913. The highest BCUT2D eigenvalue weighted by atomic mass is 16.5. The summed E-state index contributed by atoms with van der Waals surface area (Å²) in [6, 6.07) is 9.69. The summed E-state index contributed by atoms with van der Waals surface area (Å²) in [4.78, 5) is 17.1. The number of nitrogens with zero attached hydrogens (tertiary/aromatic N) is 1. The number of amides is 1. The minimum Gasteiger partial charge on any atom is -0.493 e. The predicted octanol–water partition coefficient (Wildman–Crippen LogP) is 5.28. The number of rotatable bonds is 5. The number of hydrogen-bond acceptors (Lipinski definition) is 4. The van der Waals surface area contributed by atoms with Crippen LogP contribution in [0.3, 0.4) is 0 Å². The van der Waals surface area contributed by atoms with Gasteiger partial charge in [0.1, 0.15) is 5.75 Å². The van der Waals surface area contributed by atoms with E-state index in [1.54, 1.807) is 6.20 Å². The molecule has 1 saturated carbocycles. The Kier molecular flexibility index (Phi) is 6.09. The maximum absolute atomic E-state index is 12.9. The molecule has 5 nitrogen and oxygen atoms in total.